The van der Waals surface area contributed by atoms with Gasteiger partial charge in [-0.2, -0.15) is 0 Å². The quantitative estimate of drug-likeness (QED) is 0.369. The van der Waals surface area contributed by atoms with Gasteiger partial charge < -0.3 is 20.9 Å². The predicted molar refractivity (Wildman–Crippen MR) is 118 cm³/mol. The Balaban J connectivity index is 1.42. The van der Waals surface area contributed by atoms with Crippen molar-refractivity contribution < 1.29 is 4.79 Å². The zero-order chi connectivity index (χ0) is 20.6. The van der Waals surface area contributed by atoms with Gasteiger partial charge in [0.05, 0.1) is 15.6 Å². The molecule has 3 rings (SSSR count). The molecule has 3 N–H and O–H groups in total. The summed E-state index contributed by atoms with van der Waals surface area (Å²) in [7, 11) is 1.72. The first-order valence-corrected chi connectivity index (χ1v) is 10.2. The number of hydrogen-bond acceptors (Lipinski definition) is 4. The van der Waals surface area contributed by atoms with Gasteiger partial charge in [0, 0.05) is 45.5 Å². The average molecular weight is 435 g/mol. The molecule has 9 heteroatoms. The lowest BCUT2D eigenvalue weighted by Crippen LogP contribution is -2.46. The van der Waals surface area contributed by atoms with E-state index in [1.165, 1.54) is 0 Å². The normalized spacial score (nSPS) is 16.6. The molecule has 1 amide bonds. The van der Waals surface area contributed by atoms with E-state index in [0.717, 1.165) is 25.3 Å². The molecule has 0 radical (unpaired) electrons. The number of guanidine groups is 1. The molecule has 1 fully saturated rings. The third-order valence-corrected chi connectivity index (χ3v) is 5.24. The number of amides is 1. The Bertz CT molecular complexity index is 876. The van der Waals surface area contributed by atoms with Gasteiger partial charge in [-0.15, -0.1) is 0 Å². The second kappa shape index (κ2) is 10.3. The molecule has 1 unspecified atom stereocenters. The van der Waals surface area contributed by atoms with Gasteiger partial charge in [-0.25, -0.2) is 4.98 Å². The van der Waals surface area contributed by atoms with Crippen molar-refractivity contribution in [3.63, 3.8) is 0 Å². The minimum absolute atomic E-state index is 0.195. The standard InChI is InChI=1S/C20H24Cl2N6O/c1-23-20(26-11-10-25-19(29)15-5-2-3-6-16(15)21)27-14-8-12-28(13-14)18-17(22)7-4-9-24-18/h2-7,9,14H,8,10-13H2,1H3,(H,25,29)(H2,23,26,27). The summed E-state index contributed by atoms with van der Waals surface area (Å²) >= 11 is 12.3. The van der Waals surface area contributed by atoms with Gasteiger partial charge in [-0.1, -0.05) is 35.3 Å². The van der Waals surface area contributed by atoms with E-state index in [1.807, 2.05) is 12.1 Å². The molecule has 7 nitrogen and oxygen atoms in total. The van der Waals surface area contributed by atoms with E-state index < -0.39 is 0 Å². The van der Waals surface area contributed by atoms with Crippen LogP contribution in [0.4, 0.5) is 5.82 Å². The summed E-state index contributed by atoms with van der Waals surface area (Å²) in [5.41, 5.74) is 0.468. The van der Waals surface area contributed by atoms with Crippen molar-refractivity contribution in [2.45, 2.75) is 12.5 Å². The highest BCUT2D eigenvalue weighted by Crippen LogP contribution is 2.25. The minimum atomic E-state index is -0.195. The van der Waals surface area contributed by atoms with Crippen LogP contribution in [0.15, 0.2) is 47.6 Å². The first kappa shape index (κ1) is 21.2. The summed E-state index contributed by atoms with van der Waals surface area (Å²) in [4.78, 5) is 23.0. The van der Waals surface area contributed by atoms with E-state index in [-0.39, 0.29) is 11.9 Å². The van der Waals surface area contributed by atoms with Crippen molar-refractivity contribution in [3.8, 4) is 0 Å². The van der Waals surface area contributed by atoms with Crippen molar-refractivity contribution in [1.82, 2.24) is 20.9 Å². The number of nitrogens with zero attached hydrogens (tertiary/aromatic N) is 3. The van der Waals surface area contributed by atoms with Gasteiger partial charge in [-0.3, -0.25) is 9.79 Å². The smallest absolute Gasteiger partial charge is 0.252 e. The van der Waals surface area contributed by atoms with E-state index in [4.69, 9.17) is 23.2 Å². The number of pyridine rings is 1. The second-order valence-electron chi connectivity index (χ2n) is 6.62. The number of benzene rings is 1. The van der Waals surface area contributed by atoms with Crippen molar-refractivity contribution >= 4 is 40.9 Å². The summed E-state index contributed by atoms with van der Waals surface area (Å²) in [6.07, 6.45) is 2.70. The maximum atomic E-state index is 12.2. The van der Waals surface area contributed by atoms with Crippen LogP contribution < -0.4 is 20.9 Å². The van der Waals surface area contributed by atoms with Crippen molar-refractivity contribution in [2.75, 3.05) is 38.1 Å². The third kappa shape index (κ3) is 5.74. The van der Waals surface area contributed by atoms with Crippen LogP contribution in [0.25, 0.3) is 0 Å². The summed E-state index contributed by atoms with van der Waals surface area (Å²) in [6, 6.07) is 10.9. The molecular weight excluding hydrogens is 411 g/mol. The summed E-state index contributed by atoms with van der Waals surface area (Å²) in [5.74, 6) is 1.30. The highest BCUT2D eigenvalue weighted by Gasteiger charge is 2.25. The molecular formula is C20H24Cl2N6O. The lowest BCUT2D eigenvalue weighted by Gasteiger charge is -2.20. The van der Waals surface area contributed by atoms with Crippen LogP contribution in [-0.2, 0) is 0 Å². The molecule has 1 aromatic heterocycles. The molecule has 2 heterocycles. The lowest BCUT2D eigenvalue weighted by atomic mass is 10.2. The van der Waals surface area contributed by atoms with Crippen molar-refractivity contribution in [1.29, 1.82) is 0 Å². The Hall–Kier alpha value is -2.51. The number of rotatable bonds is 6. The first-order valence-electron chi connectivity index (χ1n) is 9.44. The number of aromatic nitrogens is 1. The number of nitrogens with one attached hydrogen (secondary N) is 3. The highest BCUT2D eigenvalue weighted by molar-refractivity contribution is 6.33. The SMILES string of the molecule is CN=C(NCCNC(=O)c1ccccc1Cl)NC1CCN(c2ncccc2Cl)C1. The molecule has 1 aliphatic rings. The van der Waals surface area contributed by atoms with Crippen LogP contribution in [-0.4, -0.2) is 56.1 Å². The Labute approximate surface area is 180 Å². The Morgan fingerprint density at radius 2 is 1.93 bits per heavy atom. The van der Waals surface area contributed by atoms with Gasteiger partial charge in [0.15, 0.2) is 5.96 Å². The molecule has 1 aliphatic heterocycles. The lowest BCUT2D eigenvalue weighted by molar-refractivity contribution is 0.0954. The van der Waals surface area contributed by atoms with E-state index >= 15 is 0 Å². The van der Waals surface area contributed by atoms with E-state index in [1.54, 1.807) is 37.5 Å². The Morgan fingerprint density at radius 3 is 2.69 bits per heavy atom. The van der Waals surface area contributed by atoms with Crippen molar-refractivity contribution in [2.24, 2.45) is 4.99 Å². The van der Waals surface area contributed by atoms with Gasteiger partial charge in [-0.05, 0) is 30.7 Å². The molecule has 1 atom stereocenters. The molecule has 0 aliphatic carbocycles. The van der Waals surface area contributed by atoms with E-state index in [2.05, 4.69) is 30.8 Å². The molecule has 29 heavy (non-hydrogen) atoms. The maximum Gasteiger partial charge on any atom is 0.252 e. The molecule has 2 aromatic rings. The zero-order valence-corrected chi connectivity index (χ0v) is 17.7. The number of carbonyl (C=O) groups excluding carboxylic acids is 1. The first-order chi connectivity index (χ1) is 14.1. The van der Waals surface area contributed by atoms with Crippen LogP contribution in [0.1, 0.15) is 16.8 Å². The maximum absolute atomic E-state index is 12.2. The van der Waals surface area contributed by atoms with Gasteiger partial charge in [0.2, 0.25) is 0 Å². The van der Waals surface area contributed by atoms with Crippen LogP contribution >= 0.6 is 23.2 Å². The highest BCUT2D eigenvalue weighted by atomic mass is 35.5. The molecule has 1 saturated heterocycles. The summed E-state index contributed by atoms with van der Waals surface area (Å²) in [5, 5.41) is 10.6. The summed E-state index contributed by atoms with van der Waals surface area (Å²) < 4.78 is 0. The Kier molecular flexibility index (Phi) is 7.55. The molecule has 0 bridgehead atoms. The number of aliphatic imine (C=N–C) groups is 1. The largest absolute Gasteiger partial charge is 0.355 e. The van der Waals surface area contributed by atoms with E-state index in [9.17, 15) is 4.79 Å². The fourth-order valence-electron chi connectivity index (χ4n) is 3.17. The van der Waals surface area contributed by atoms with Gasteiger partial charge >= 0.3 is 0 Å². The fourth-order valence-corrected chi connectivity index (χ4v) is 3.63. The molecule has 1 aromatic carbocycles. The second-order valence-corrected chi connectivity index (χ2v) is 7.43. The van der Waals surface area contributed by atoms with Crippen LogP contribution in [0.2, 0.25) is 10.0 Å². The Morgan fingerprint density at radius 1 is 1.17 bits per heavy atom. The number of anilines is 1. The van der Waals surface area contributed by atoms with Crippen LogP contribution in [0.5, 0.6) is 0 Å². The summed E-state index contributed by atoms with van der Waals surface area (Å²) in [6.45, 7) is 2.66. The molecule has 0 spiro atoms. The molecule has 154 valence electrons. The van der Waals surface area contributed by atoms with Gasteiger partial charge in [0.1, 0.15) is 5.82 Å². The minimum Gasteiger partial charge on any atom is -0.355 e. The average Bonchev–Trinajstić information content (AvgIpc) is 3.19. The topological polar surface area (TPSA) is 81.6 Å². The number of halogens is 2. The predicted octanol–water partition coefficient (Wildman–Crippen LogP) is 2.56. The van der Waals surface area contributed by atoms with Gasteiger partial charge in [0.25, 0.3) is 5.91 Å². The zero-order valence-electron chi connectivity index (χ0n) is 16.2. The number of carbonyl (C=O) groups is 1. The monoisotopic (exact) mass is 434 g/mol. The van der Waals surface area contributed by atoms with E-state index in [0.29, 0.717) is 34.7 Å². The van der Waals surface area contributed by atoms with Crippen LogP contribution in [0, 0.1) is 0 Å². The molecule has 0 saturated carbocycles. The van der Waals surface area contributed by atoms with Crippen molar-refractivity contribution in [3.05, 3.63) is 58.2 Å². The third-order valence-electron chi connectivity index (χ3n) is 4.61. The number of hydrogen-bond donors (Lipinski definition) is 3. The fraction of sp³-hybridized carbons (Fsp3) is 0.350. The van der Waals surface area contributed by atoms with Crippen LogP contribution in [0.3, 0.4) is 0 Å².